The number of hydrogen-bond donors (Lipinski definition) is 0. The molecule has 5 heteroatoms. The van der Waals surface area contributed by atoms with Crippen LogP contribution < -0.4 is 0 Å². The number of cyclic esters (lactones) is 1. The summed E-state index contributed by atoms with van der Waals surface area (Å²) >= 11 is 0. The zero-order valence-electron chi connectivity index (χ0n) is 10.2. The van der Waals surface area contributed by atoms with Crippen molar-refractivity contribution in [2.75, 3.05) is 0 Å². The third-order valence-corrected chi connectivity index (χ3v) is 2.60. The third kappa shape index (κ3) is 5.47. The minimum absolute atomic E-state index is 0.100. The van der Waals surface area contributed by atoms with E-state index in [1.807, 2.05) is 0 Å². The molecule has 1 fully saturated rings. The molecule has 0 amide bonds. The van der Waals surface area contributed by atoms with E-state index in [1.165, 1.54) is 6.92 Å². The molecule has 1 rings (SSSR count). The van der Waals surface area contributed by atoms with Gasteiger partial charge in [-0.15, -0.1) is 0 Å². The number of ketones is 1. The van der Waals surface area contributed by atoms with Crippen LogP contribution in [0.5, 0.6) is 0 Å². The molecule has 0 saturated carbocycles. The summed E-state index contributed by atoms with van der Waals surface area (Å²) < 4.78 is 10.1. The predicted octanol–water partition coefficient (Wildman–Crippen LogP) is 1.38. The fourth-order valence-electron chi connectivity index (χ4n) is 1.88. The molecule has 0 bridgehead atoms. The number of rotatable bonds is 1. The van der Waals surface area contributed by atoms with Crippen LogP contribution in [-0.4, -0.2) is 29.9 Å². The molecule has 0 aliphatic carbocycles. The van der Waals surface area contributed by atoms with Crippen LogP contribution in [0.2, 0.25) is 0 Å². The van der Waals surface area contributed by atoms with Crippen molar-refractivity contribution in [3.63, 3.8) is 0 Å². The number of Topliss-reactive ketones (excluding diaryl/α,β-unsaturated/α-hetero) is 1. The Kier molecular flexibility index (Phi) is 5.12. The Morgan fingerprint density at radius 3 is 2.71 bits per heavy atom. The molecular weight excluding hydrogens is 224 g/mol. The van der Waals surface area contributed by atoms with Crippen LogP contribution >= 0.6 is 0 Å². The first-order valence-electron chi connectivity index (χ1n) is 5.85. The number of hydrogen-bond acceptors (Lipinski definition) is 5. The van der Waals surface area contributed by atoms with Gasteiger partial charge in [-0.25, -0.2) is 0 Å². The molecule has 2 atom stereocenters. The van der Waals surface area contributed by atoms with Crippen LogP contribution in [0.15, 0.2) is 0 Å². The molecule has 2 unspecified atom stereocenters. The molecule has 1 aliphatic heterocycles. The van der Waals surface area contributed by atoms with Gasteiger partial charge < -0.3 is 9.47 Å². The number of ether oxygens (including phenoxy) is 2. The second-order valence-corrected chi connectivity index (χ2v) is 4.38. The zero-order chi connectivity index (χ0) is 12.8. The monoisotopic (exact) mass is 242 g/mol. The lowest BCUT2D eigenvalue weighted by molar-refractivity contribution is -0.152. The standard InChI is InChI=1S/C12H18O5/c1-8-4-3-5-11(17-9(2)13)6-10(14)7-12(15)16-8/h8,11H,3-7H2,1-2H3. The Morgan fingerprint density at radius 1 is 1.35 bits per heavy atom. The fourth-order valence-corrected chi connectivity index (χ4v) is 1.88. The molecule has 1 saturated heterocycles. The second kappa shape index (κ2) is 6.37. The van der Waals surface area contributed by atoms with Gasteiger partial charge in [-0.2, -0.15) is 0 Å². The summed E-state index contributed by atoms with van der Waals surface area (Å²) in [5.41, 5.74) is 0. The van der Waals surface area contributed by atoms with E-state index in [4.69, 9.17) is 9.47 Å². The summed E-state index contributed by atoms with van der Waals surface area (Å²) in [6.07, 6.45) is 1.39. The summed E-state index contributed by atoms with van der Waals surface area (Å²) in [6.45, 7) is 3.12. The molecule has 1 heterocycles. The van der Waals surface area contributed by atoms with Crippen molar-refractivity contribution >= 4 is 17.7 Å². The summed E-state index contributed by atoms with van der Waals surface area (Å²) in [6, 6.07) is 0. The third-order valence-electron chi connectivity index (χ3n) is 2.60. The van der Waals surface area contributed by atoms with E-state index in [2.05, 4.69) is 0 Å². The van der Waals surface area contributed by atoms with Gasteiger partial charge in [0.1, 0.15) is 18.3 Å². The van der Waals surface area contributed by atoms with Gasteiger partial charge in [0.05, 0.1) is 6.10 Å². The van der Waals surface area contributed by atoms with Gasteiger partial charge in [-0.1, -0.05) is 0 Å². The normalized spacial score (nSPS) is 27.2. The lowest BCUT2D eigenvalue weighted by Crippen LogP contribution is -2.26. The highest BCUT2D eigenvalue weighted by molar-refractivity contribution is 5.95. The topological polar surface area (TPSA) is 69.7 Å². The number of carbonyl (C=O) groups excluding carboxylic acids is 3. The molecule has 96 valence electrons. The van der Waals surface area contributed by atoms with E-state index < -0.39 is 18.0 Å². The van der Waals surface area contributed by atoms with Gasteiger partial charge in [-0.05, 0) is 26.2 Å². The van der Waals surface area contributed by atoms with Crippen molar-refractivity contribution in [1.82, 2.24) is 0 Å². The zero-order valence-corrected chi connectivity index (χ0v) is 10.2. The van der Waals surface area contributed by atoms with E-state index in [9.17, 15) is 14.4 Å². The van der Waals surface area contributed by atoms with Crippen molar-refractivity contribution in [3.05, 3.63) is 0 Å². The summed E-state index contributed by atoms with van der Waals surface area (Å²) in [5.74, 6) is -1.13. The minimum atomic E-state index is -0.494. The highest BCUT2D eigenvalue weighted by Crippen LogP contribution is 2.16. The van der Waals surface area contributed by atoms with Crippen molar-refractivity contribution in [2.45, 2.75) is 58.2 Å². The predicted molar refractivity (Wildman–Crippen MR) is 59.2 cm³/mol. The quantitative estimate of drug-likeness (QED) is 0.513. The van der Waals surface area contributed by atoms with Crippen molar-refractivity contribution in [2.24, 2.45) is 0 Å². The van der Waals surface area contributed by atoms with Gasteiger partial charge in [0.2, 0.25) is 0 Å². The molecule has 0 radical (unpaired) electrons. The smallest absolute Gasteiger partial charge is 0.313 e. The van der Waals surface area contributed by atoms with E-state index in [0.717, 1.165) is 12.8 Å². The van der Waals surface area contributed by atoms with E-state index in [1.54, 1.807) is 6.92 Å². The van der Waals surface area contributed by atoms with Crippen LogP contribution in [0.1, 0.15) is 46.0 Å². The highest BCUT2D eigenvalue weighted by atomic mass is 16.5. The van der Waals surface area contributed by atoms with Crippen molar-refractivity contribution in [3.8, 4) is 0 Å². The Hall–Kier alpha value is -1.39. The van der Waals surface area contributed by atoms with Crippen LogP contribution in [0, 0.1) is 0 Å². The lowest BCUT2D eigenvalue weighted by Gasteiger charge is -2.20. The van der Waals surface area contributed by atoms with Gasteiger partial charge in [-0.3, -0.25) is 14.4 Å². The first-order valence-corrected chi connectivity index (χ1v) is 5.85. The SMILES string of the molecule is CC(=O)OC1CCCC(C)OC(=O)CC(=O)C1. The Morgan fingerprint density at radius 2 is 2.06 bits per heavy atom. The lowest BCUT2D eigenvalue weighted by atomic mass is 10.0. The molecule has 1 aliphatic rings. The van der Waals surface area contributed by atoms with E-state index in [0.29, 0.717) is 6.42 Å². The molecule has 0 aromatic heterocycles. The van der Waals surface area contributed by atoms with Crippen LogP contribution in [0.4, 0.5) is 0 Å². The molecular formula is C12H18O5. The Labute approximate surface area is 100 Å². The maximum absolute atomic E-state index is 11.5. The average molecular weight is 242 g/mol. The molecule has 0 spiro atoms. The molecule has 5 nitrogen and oxygen atoms in total. The summed E-state index contributed by atoms with van der Waals surface area (Å²) in [5, 5.41) is 0. The molecule has 0 aromatic carbocycles. The molecule has 17 heavy (non-hydrogen) atoms. The van der Waals surface area contributed by atoms with Crippen molar-refractivity contribution in [1.29, 1.82) is 0 Å². The van der Waals surface area contributed by atoms with Gasteiger partial charge in [0.25, 0.3) is 0 Å². The first-order chi connectivity index (χ1) is 7.97. The van der Waals surface area contributed by atoms with Crippen LogP contribution in [0.3, 0.4) is 0 Å². The maximum atomic E-state index is 11.5. The van der Waals surface area contributed by atoms with Crippen LogP contribution in [-0.2, 0) is 23.9 Å². The van der Waals surface area contributed by atoms with Gasteiger partial charge in [0.15, 0.2) is 0 Å². The van der Waals surface area contributed by atoms with Gasteiger partial charge >= 0.3 is 11.9 Å². The minimum Gasteiger partial charge on any atom is -0.462 e. The summed E-state index contributed by atoms with van der Waals surface area (Å²) in [7, 11) is 0. The molecule has 0 N–H and O–H groups in total. The molecule has 0 aromatic rings. The first kappa shape index (κ1) is 13.7. The van der Waals surface area contributed by atoms with E-state index >= 15 is 0 Å². The second-order valence-electron chi connectivity index (χ2n) is 4.38. The maximum Gasteiger partial charge on any atom is 0.313 e. The largest absolute Gasteiger partial charge is 0.462 e. The van der Waals surface area contributed by atoms with Crippen molar-refractivity contribution < 1.29 is 23.9 Å². The van der Waals surface area contributed by atoms with Crippen LogP contribution in [0.25, 0.3) is 0 Å². The Balaban J connectivity index is 2.60. The van der Waals surface area contributed by atoms with Gasteiger partial charge in [0, 0.05) is 13.3 Å². The Bertz CT molecular complexity index is 310. The number of carbonyl (C=O) groups is 3. The fraction of sp³-hybridized carbons (Fsp3) is 0.750. The number of esters is 2. The highest BCUT2D eigenvalue weighted by Gasteiger charge is 2.22. The average Bonchev–Trinajstić information content (AvgIpc) is 2.14. The summed E-state index contributed by atoms with van der Waals surface area (Å²) in [4.78, 5) is 33.7. The van der Waals surface area contributed by atoms with E-state index in [-0.39, 0.29) is 24.7 Å².